The first kappa shape index (κ1) is 19.0. The highest BCUT2D eigenvalue weighted by Gasteiger charge is 2.18. The van der Waals surface area contributed by atoms with Gasteiger partial charge in [0.15, 0.2) is 6.61 Å². The molecule has 0 radical (unpaired) electrons. The number of aryl methyl sites for hydroxylation is 2. The largest absolute Gasteiger partial charge is 0.456 e. The number of benzene rings is 1. The molecule has 6 heteroatoms. The van der Waals surface area contributed by atoms with Crippen LogP contribution in [0.2, 0.25) is 0 Å². The van der Waals surface area contributed by atoms with Crippen molar-refractivity contribution in [2.45, 2.75) is 45.9 Å². The van der Waals surface area contributed by atoms with E-state index in [1.54, 1.807) is 0 Å². The van der Waals surface area contributed by atoms with Gasteiger partial charge >= 0.3 is 5.97 Å². The zero-order chi connectivity index (χ0) is 17.6. The van der Waals surface area contributed by atoms with Crippen molar-refractivity contribution < 1.29 is 14.3 Å². The van der Waals surface area contributed by atoms with Crippen molar-refractivity contribution in [3.63, 3.8) is 0 Å². The summed E-state index contributed by atoms with van der Waals surface area (Å²) in [5.74, 6) is -0.763. The van der Waals surface area contributed by atoms with Crippen molar-refractivity contribution >= 4 is 29.3 Å². The van der Waals surface area contributed by atoms with Crippen molar-refractivity contribution in [1.29, 1.82) is 5.26 Å². The second kappa shape index (κ2) is 8.02. The lowest BCUT2D eigenvalue weighted by Crippen LogP contribution is -2.23. The van der Waals surface area contributed by atoms with Gasteiger partial charge in [-0.1, -0.05) is 20.8 Å². The standard InChI is InChI=1S/C17H22N2O3S/c1-11-6-13(23-10-18)7-12(2)16(11)19-14(20)9-22-15(21)8-17(3,4)5/h6-7H,8-9H2,1-5H3,(H,19,20). The lowest BCUT2D eigenvalue weighted by atomic mass is 9.92. The molecule has 0 unspecified atom stereocenters. The summed E-state index contributed by atoms with van der Waals surface area (Å²) in [6.45, 7) is 9.21. The maximum atomic E-state index is 12.0. The molecule has 23 heavy (non-hydrogen) atoms. The fourth-order valence-electron chi connectivity index (χ4n) is 2.04. The third-order valence-corrected chi connectivity index (χ3v) is 3.54. The number of carbonyl (C=O) groups excluding carboxylic acids is 2. The predicted octanol–water partition coefficient (Wildman–Crippen LogP) is 3.79. The minimum absolute atomic E-state index is 0.172. The SMILES string of the molecule is Cc1cc(SC#N)cc(C)c1NC(=O)COC(=O)CC(C)(C)C. The summed E-state index contributed by atoms with van der Waals surface area (Å²) < 4.78 is 5.00. The monoisotopic (exact) mass is 334 g/mol. The van der Waals surface area contributed by atoms with E-state index in [-0.39, 0.29) is 30.3 Å². The number of thioether (sulfide) groups is 1. The fourth-order valence-corrected chi connectivity index (χ4v) is 2.61. The molecule has 1 N–H and O–H groups in total. The number of amides is 1. The second-order valence-electron chi connectivity index (χ2n) is 6.57. The Morgan fingerprint density at radius 3 is 2.30 bits per heavy atom. The molecule has 0 spiro atoms. The molecule has 0 aliphatic carbocycles. The van der Waals surface area contributed by atoms with Crippen molar-refractivity contribution in [3.8, 4) is 5.40 Å². The number of carbonyl (C=O) groups is 2. The zero-order valence-electron chi connectivity index (χ0n) is 14.1. The first-order valence-corrected chi connectivity index (χ1v) is 8.06. The molecule has 0 saturated carbocycles. The van der Waals surface area contributed by atoms with Crippen LogP contribution < -0.4 is 5.32 Å². The van der Waals surface area contributed by atoms with E-state index in [1.807, 2.05) is 52.2 Å². The Kier molecular flexibility index (Phi) is 6.64. The Balaban J connectivity index is 2.65. The molecule has 0 bridgehead atoms. The highest BCUT2D eigenvalue weighted by molar-refractivity contribution is 8.03. The summed E-state index contributed by atoms with van der Waals surface area (Å²) >= 11 is 1.07. The Bertz CT molecular complexity index is 619. The highest BCUT2D eigenvalue weighted by atomic mass is 32.2. The molecule has 0 saturated heterocycles. The van der Waals surface area contributed by atoms with Gasteiger partial charge in [-0.3, -0.25) is 9.59 Å². The van der Waals surface area contributed by atoms with Crippen LogP contribution in [0.3, 0.4) is 0 Å². The van der Waals surface area contributed by atoms with Crippen LogP contribution in [0.4, 0.5) is 5.69 Å². The van der Waals surface area contributed by atoms with Crippen LogP contribution in [0.25, 0.3) is 0 Å². The van der Waals surface area contributed by atoms with Crippen molar-refractivity contribution in [2.24, 2.45) is 5.41 Å². The van der Waals surface area contributed by atoms with E-state index in [9.17, 15) is 9.59 Å². The van der Waals surface area contributed by atoms with Gasteiger partial charge in [-0.25, -0.2) is 0 Å². The maximum absolute atomic E-state index is 12.0. The quantitative estimate of drug-likeness (QED) is 0.503. The van der Waals surface area contributed by atoms with Crippen molar-refractivity contribution in [3.05, 3.63) is 23.3 Å². The van der Waals surface area contributed by atoms with E-state index in [0.717, 1.165) is 27.8 Å². The minimum Gasteiger partial charge on any atom is -0.456 e. The molecule has 0 atom stereocenters. The fraction of sp³-hybridized carbons (Fsp3) is 0.471. The van der Waals surface area contributed by atoms with Crippen molar-refractivity contribution in [2.75, 3.05) is 11.9 Å². The highest BCUT2D eigenvalue weighted by Crippen LogP contribution is 2.27. The summed E-state index contributed by atoms with van der Waals surface area (Å²) in [5.41, 5.74) is 2.23. The number of nitrogens with zero attached hydrogens (tertiary/aromatic N) is 1. The lowest BCUT2D eigenvalue weighted by Gasteiger charge is -2.17. The molecule has 1 rings (SSSR count). The van der Waals surface area contributed by atoms with Crippen LogP contribution in [-0.4, -0.2) is 18.5 Å². The lowest BCUT2D eigenvalue weighted by molar-refractivity contribution is -0.149. The van der Waals surface area contributed by atoms with E-state index in [4.69, 9.17) is 10.00 Å². The summed E-state index contributed by atoms with van der Waals surface area (Å²) in [5, 5.41) is 13.5. The van der Waals surface area contributed by atoms with Gasteiger partial charge in [-0.2, -0.15) is 5.26 Å². The third kappa shape index (κ3) is 6.74. The molecule has 0 heterocycles. The Morgan fingerprint density at radius 2 is 1.83 bits per heavy atom. The van der Waals surface area contributed by atoms with Gasteiger partial charge in [0.25, 0.3) is 5.91 Å². The van der Waals surface area contributed by atoms with Gasteiger partial charge in [0, 0.05) is 10.6 Å². The van der Waals surface area contributed by atoms with Crippen LogP contribution in [0.15, 0.2) is 17.0 Å². The number of ether oxygens (including phenoxy) is 1. The zero-order valence-corrected chi connectivity index (χ0v) is 15.0. The first-order chi connectivity index (χ1) is 10.6. The van der Waals surface area contributed by atoms with Crippen LogP contribution in [0.5, 0.6) is 0 Å². The van der Waals surface area contributed by atoms with Gasteiger partial charge in [0.2, 0.25) is 0 Å². The van der Waals surface area contributed by atoms with Crippen LogP contribution in [0.1, 0.15) is 38.3 Å². The summed E-state index contributed by atoms with van der Waals surface area (Å²) in [6, 6.07) is 3.67. The van der Waals surface area contributed by atoms with Crippen LogP contribution in [-0.2, 0) is 14.3 Å². The van der Waals surface area contributed by atoms with Crippen LogP contribution in [0, 0.1) is 29.9 Å². The van der Waals surface area contributed by atoms with Gasteiger partial charge < -0.3 is 10.1 Å². The Morgan fingerprint density at radius 1 is 1.26 bits per heavy atom. The third-order valence-electron chi connectivity index (χ3n) is 2.97. The number of hydrogen-bond donors (Lipinski definition) is 1. The van der Waals surface area contributed by atoms with E-state index >= 15 is 0 Å². The minimum atomic E-state index is -0.387. The molecule has 1 aromatic carbocycles. The molecule has 0 aromatic heterocycles. The number of hydrogen-bond acceptors (Lipinski definition) is 5. The summed E-state index contributed by atoms with van der Waals surface area (Å²) in [6.07, 6.45) is 0.262. The molecule has 0 aliphatic heterocycles. The number of esters is 1. The van der Waals surface area contributed by atoms with Gasteiger partial charge in [-0.05, 0) is 54.3 Å². The number of thiocyanates is 1. The molecular weight excluding hydrogens is 312 g/mol. The average Bonchev–Trinajstić information content (AvgIpc) is 2.39. The van der Waals surface area contributed by atoms with Gasteiger partial charge in [0.1, 0.15) is 5.40 Å². The molecule has 0 fully saturated rings. The number of anilines is 1. The predicted molar refractivity (Wildman–Crippen MR) is 91.0 cm³/mol. The van der Waals surface area contributed by atoms with E-state index in [0.29, 0.717) is 5.69 Å². The van der Waals surface area contributed by atoms with E-state index in [1.165, 1.54) is 0 Å². The smallest absolute Gasteiger partial charge is 0.306 e. The molecule has 1 aromatic rings. The van der Waals surface area contributed by atoms with E-state index in [2.05, 4.69) is 5.32 Å². The summed E-state index contributed by atoms with van der Waals surface area (Å²) in [4.78, 5) is 24.4. The Labute approximate surface area is 141 Å². The topological polar surface area (TPSA) is 79.2 Å². The first-order valence-electron chi connectivity index (χ1n) is 7.25. The summed E-state index contributed by atoms with van der Waals surface area (Å²) in [7, 11) is 0. The number of nitrogens with one attached hydrogen (secondary N) is 1. The molecular formula is C17H22N2O3S. The molecule has 5 nitrogen and oxygen atoms in total. The number of rotatable bonds is 5. The second-order valence-corrected chi connectivity index (χ2v) is 7.43. The molecule has 0 aliphatic rings. The maximum Gasteiger partial charge on any atom is 0.306 e. The molecule has 1 amide bonds. The number of nitriles is 1. The Hall–Kier alpha value is -2.00. The van der Waals surface area contributed by atoms with Gasteiger partial charge in [0.05, 0.1) is 6.42 Å². The average molecular weight is 334 g/mol. The van der Waals surface area contributed by atoms with E-state index < -0.39 is 0 Å². The van der Waals surface area contributed by atoms with Crippen LogP contribution >= 0.6 is 11.8 Å². The normalized spacial score (nSPS) is 10.8. The van der Waals surface area contributed by atoms with Crippen molar-refractivity contribution in [1.82, 2.24) is 0 Å². The van der Waals surface area contributed by atoms with Gasteiger partial charge in [-0.15, -0.1) is 0 Å². The molecule has 124 valence electrons.